The highest BCUT2D eigenvalue weighted by Gasteiger charge is 2.37. The minimum absolute atomic E-state index is 0.0238. The molecule has 0 atom stereocenters. The van der Waals surface area contributed by atoms with Gasteiger partial charge in [0, 0.05) is 5.39 Å². The minimum Gasteiger partial charge on any atom is -0.364 e. The van der Waals surface area contributed by atoms with Gasteiger partial charge in [0.25, 0.3) is 5.91 Å². The van der Waals surface area contributed by atoms with Crippen LogP contribution in [0.15, 0.2) is 12.3 Å². The van der Waals surface area contributed by atoms with Crippen molar-refractivity contribution in [3.8, 4) is 0 Å². The molecule has 0 saturated heterocycles. The van der Waals surface area contributed by atoms with Gasteiger partial charge in [-0.25, -0.2) is 9.37 Å². The molecule has 0 spiro atoms. The van der Waals surface area contributed by atoms with Crippen LogP contribution in [0.2, 0.25) is 0 Å². The summed E-state index contributed by atoms with van der Waals surface area (Å²) in [6, 6.07) is 0.921. The van der Waals surface area contributed by atoms with Gasteiger partial charge in [0.2, 0.25) is 0 Å². The molecule has 0 aliphatic heterocycles. The first-order chi connectivity index (χ1) is 7.80. The molecule has 0 aliphatic rings. The molecule has 0 saturated carbocycles. The molecule has 2 aromatic heterocycles. The number of nitrogens with two attached hydrogens (primary N) is 1. The molecule has 0 unspecified atom stereocenters. The third kappa shape index (κ3) is 1.81. The summed E-state index contributed by atoms with van der Waals surface area (Å²) >= 11 is 0. The fraction of sp³-hybridized carbons (Fsp3) is 0.111. The number of aromatic amines is 1. The van der Waals surface area contributed by atoms with Crippen molar-refractivity contribution in [2.75, 3.05) is 0 Å². The SMILES string of the molecule is NC(=O)c1cc2c(F)c(C(F)(F)F)ncc2[nH]1. The van der Waals surface area contributed by atoms with Crippen molar-refractivity contribution in [2.45, 2.75) is 6.18 Å². The normalized spacial score (nSPS) is 12.0. The molecule has 0 aliphatic carbocycles. The number of halogens is 4. The molecule has 3 N–H and O–H groups in total. The number of primary amides is 1. The number of carbonyl (C=O) groups is 1. The van der Waals surface area contributed by atoms with Gasteiger partial charge in [-0.1, -0.05) is 0 Å². The maximum Gasteiger partial charge on any atom is 0.436 e. The summed E-state index contributed by atoms with van der Waals surface area (Å²) in [7, 11) is 0. The lowest BCUT2D eigenvalue weighted by molar-refractivity contribution is -0.143. The monoisotopic (exact) mass is 247 g/mol. The van der Waals surface area contributed by atoms with E-state index in [4.69, 9.17) is 5.73 Å². The van der Waals surface area contributed by atoms with E-state index in [1.807, 2.05) is 0 Å². The van der Waals surface area contributed by atoms with Crippen molar-refractivity contribution in [2.24, 2.45) is 5.73 Å². The lowest BCUT2D eigenvalue weighted by Gasteiger charge is -2.06. The predicted molar refractivity (Wildman–Crippen MR) is 49.6 cm³/mol. The van der Waals surface area contributed by atoms with E-state index in [-0.39, 0.29) is 16.6 Å². The fourth-order valence-corrected chi connectivity index (χ4v) is 1.40. The van der Waals surface area contributed by atoms with Crippen LogP contribution in [0.5, 0.6) is 0 Å². The predicted octanol–water partition coefficient (Wildman–Crippen LogP) is 1.82. The summed E-state index contributed by atoms with van der Waals surface area (Å²) in [5.41, 5.74) is 3.09. The minimum atomic E-state index is -4.89. The Balaban J connectivity index is 2.71. The van der Waals surface area contributed by atoms with E-state index >= 15 is 0 Å². The average molecular weight is 247 g/mol. The molecular weight excluding hydrogens is 242 g/mol. The Hall–Kier alpha value is -2.12. The largest absolute Gasteiger partial charge is 0.436 e. The van der Waals surface area contributed by atoms with E-state index in [2.05, 4.69) is 9.97 Å². The Kier molecular flexibility index (Phi) is 2.30. The van der Waals surface area contributed by atoms with Gasteiger partial charge in [-0.05, 0) is 6.07 Å². The standard InChI is InChI=1S/C9H5F4N3O/c10-6-3-1-4(8(14)17)16-5(3)2-15-7(6)9(11,12)13/h1-2,16H,(H2,14,17). The summed E-state index contributed by atoms with van der Waals surface area (Å²) in [4.78, 5) is 16.1. The van der Waals surface area contributed by atoms with Crippen molar-refractivity contribution < 1.29 is 22.4 Å². The van der Waals surface area contributed by atoms with Crippen LogP contribution in [0.25, 0.3) is 10.9 Å². The van der Waals surface area contributed by atoms with Crippen LogP contribution in [0.4, 0.5) is 17.6 Å². The van der Waals surface area contributed by atoms with E-state index in [0.29, 0.717) is 0 Å². The van der Waals surface area contributed by atoms with Crippen molar-refractivity contribution in [1.29, 1.82) is 0 Å². The number of nitrogens with zero attached hydrogens (tertiary/aromatic N) is 1. The van der Waals surface area contributed by atoms with Crippen molar-refractivity contribution in [3.63, 3.8) is 0 Å². The molecular formula is C9H5F4N3O. The van der Waals surface area contributed by atoms with Gasteiger partial charge >= 0.3 is 6.18 Å². The van der Waals surface area contributed by atoms with Crippen molar-refractivity contribution in [3.05, 3.63) is 29.5 Å². The summed E-state index contributed by atoms with van der Waals surface area (Å²) in [6.07, 6.45) is -4.09. The molecule has 0 bridgehead atoms. The van der Waals surface area contributed by atoms with Gasteiger partial charge in [0.15, 0.2) is 11.5 Å². The van der Waals surface area contributed by atoms with Gasteiger partial charge in [0.05, 0.1) is 11.7 Å². The smallest absolute Gasteiger partial charge is 0.364 e. The van der Waals surface area contributed by atoms with Crippen LogP contribution in [0, 0.1) is 5.82 Å². The number of H-pyrrole nitrogens is 1. The summed E-state index contributed by atoms with van der Waals surface area (Å²) in [5.74, 6) is -2.42. The second kappa shape index (κ2) is 3.44. The first kappa shape index (κ1) is 11.4. The number of hydrogen-bond donors (Lipinski definition) is 2. The van der Waals surface area contributed by atoms with Gasteiger partial charge in [-0.3, -0.25) is 4.79 Å². The zero-order chi connectivity index (χ0) is 12.8. The molecule has 2 heterocycles. The first-order valence-corrected chi connectivity index (χ1v) is 4.35. The number of carbonyl (C=O) groups excluding carboxylic acids is 1. The summed E-state index contributed by atoms with van der Waals surface area (Å²) in [6.45, 7) is 0. The zero-order valence-electron chi connectivity index (χ0n) is 8.10. The highest BCUT2D eigenvalue weighted by Crippen LogP contribution is 2.32. The molecule has 0 fully saturated rings. The van der Waals surface area contributed by atoms with Crippen LogP contribution in [0.3, 0.4) is 0 Å². The average Bonchev–Trinajstić information content (AvgIpc) is 2.60. The van der Waals surface area contributed by atoms with E-state index in [1.165, 1.54) is 0 Å². The second-order valence-corrected chi connectivity index (χ2v) is 3.29. The van der Waals surface area contributed by atoms with Crippen LogP contribution in [-0.2, 0) is 6.18 Å². The van der Waals surface area contributed by atoms with Gasteiger partial charge in [-0.15, -0.1) is 0 Å². The maximum atomic E-state index is 13.5. The molecule has 8 heteroatoms. The van der Waals surface area contributed by atoms with E-state index < -0.39 is 23.6 Å². The molecule has 90 valence electrons. The van der Waals surface area contributed by atoms with E-state index in [0.717, 1.165) is 12.3 Å². The van der Waals surface area contributed by atoms with Crippen LogP contribution >= 0.6 is 0 Å². The van der Waals surface area contributed by atoms with Crippen LogP contribution < -0.4 is 5.73 Å². The summed E-state index contributed by atoms with van der Waals surface area (Å²) < 4.78 is 50.5. The van der Waals surface area contributed by atoms with E-state index in [9.17, 15) is 22.4 Å². The lowest BCUT2D eigenvalue weighted by Crippen LogP contribution is -2.10. The molecule has 0 aromatic carbocycles. The fourth-order valence-electron chi connectivity index (χ4n) is 1.40. The van der Waals surface area contributed by atoms with Crippen molar-refractivity contribution >= 4 is 16.8 Å². The molecule has 2 aromatic rings. The topological polar surface area (TPSA) is 71.8 Å². The Bertz CT molecular complexity index is 602. The quantitative estimate of drug-likeness (QED) is 0.754. The Morgan fingerprint density at radius 1 is 1.41 bits per heavy atom. The van der Waals surface area contributed by atoms with Gasteiger partial charge in [-0.2, -0.15) is 13.2 Å². The number of pyridine rings is 1. The van der Waals surface area contributed by atoms with Crippen LogP contribution in [-0.4, -0.2) is 15.9 Å². The number of rotatable bonds is 1. The number of amides is 1. The number of hydrogen-bond acceptors (Lipinski definition) is 2. The maximum absolute atomic E-state index is 13.5. The molecule has 2 rings (SSSR count). The highest BCUT2D eigenvalue weighted by molar-refractivity contribution is 5.97. The zero-order valence-corrected chi connectivity index (χ0v) is 8.10. The second-order valence-electron chi connectivity index (χ2n) is 3.29. The van der Waals surface area contributed by atoms with Crippen molar-refractivity contribution in [1.82, 2.24) is 9.97 Å². The molecule has 4 nitrogen and oxygen atoms in total. The number of aromatic nitrogens is 2. The van der Waals surface area contributed by atoms with E-state index in [1.54, 1.807) is 0 Å². The first-order valence-electron chi connectivity index (χ1n) is 4.35. The highest BCUT2D eigenvalue weighted by atomic mass is 19.4. The van der Waals surface area contributed by atoms with Gasteiger partial charge < -0.3 is 10.7 Å². The Morgan fingerprint density at radius 3 is 2.59 bits per heavy atom. The number of nitrogens with one attached hydrogen (secondary N) is 1. The Labute approximate surface area is 91.4 Å². The molecule has 0 radical (unpaired) electrons. The third-order valence-electron chi connectivity index (χ3n) is 2.15. The molecule has 17 heavy (non-hydrogen) atoms. The lowest BCUT2D eigenvalue weighted by atomic mass is 10.2. The summed E-state index contributed by atoms with van der Waals surface area (Å²) in [5, 5.41) is -0.374. The Morgan fingerprint density at radius 2 is 2.06 bits per heavy atom. The van der Waals surface area contributed by atoms with Gasteiger partial charge in [0.1, 0.15) is 5.69 Å². The van der Waals surface area contributed by atoms with Crippen LogP contribution in [0.1, 0.15) is 16.2 Å². The number of alkyl halides is 3. The third-order valence-corrected chi connectivity index (χ3v) is 2.15. The number of fused-ring (bicyclic) bond motifs is 1. The molecule has 1 amide bonds.